The maximum Gasteiger partial charge on any atom is 0.330 e. The number of ether oxygens (including phenoxy) is 1. The third kappa shape index (κ3) is 4.64. The average Bonchev–Trinajstić information content (AvgIpc) is 2.36. The maximum absolute atomic E-state index is 11.8. The molecule has 1 rings (SSSR count). The van der Waals surface area contributed by atoms with E-state index in [9.17, 15) is 9.59 Å². The molecule has 3 nitrogen and oxygen atoms in total. The first kappa shape index (κ1) is 13.2. The van der Waals surface area contributed by atoms with Gasteiger partial charge in [-0.15, -0.1) is 0 Å². The average molecular weight is 232 g/mol. The number of carbonyl (C=O) groups excluding carboxylic acids is 2. The molecule has 3 heteroatoms. The summed E-state index contributed by atoms with van der Waals surface area (Å²) in [7, 11) is 1.33. The highest BCUT2D eigenvalue weighted by Gasteiger charge is 2.08. The summed E-state index contributed by atoms with van der Waals surface area (Å²) in [6.07, 6.45) is 3.42. The Morgan fingerprint density at radius 2 is 1.94 bits per heavy atom. The van der Waals surface area contributed by atoms with Crippen LogP contribution in [0.1, 0.15) is 23.7 Å². The van der Waals surface area contributed by atoms with Crippen LogP contribution in [0.15, 0.2) is 42.5 Å². The van der Waals surface area contributed by atoms with E-state index in [4.69, 9.17) is 0 Å². The minimum Gasteiger partial charge on any atom is -0.466 e. The van der Waals surface area contributed by atoms with Gasteiger partial charge in [-0.25, -0.2) is 4.79 Å². The van der Waals surface area contributed by atoms with Crippen molar-refractivity contribution in [2.24, 2.45) is 5.92 Å². The lowest BCUT2D eigenvalue weighted by Gasteiger charge is -2.05. The smallest absolute Gasteiger partial charge is 0.330 e. The summed E-state index contributed by atoms with van der Waals surface area (Å²) in [5, 5.41) is 0. The standard InChI is InChI=1S/C14H16O3/c1-11(8-9-14(16)17-2)10-13(15)12-6-4-3-5-7-12/h3-9,11H,10H2,1-2H3/b9-8+/t11-/m0/s1. The summed E-state index contributed by atoms with van der Waals surface area (Å²) >= 11 is 0. The van der Waals surface area contributed by atoms with Crippen molar-refractivity contribution < 1.29 is 14.3 Å². The zero-order valence-corrected chi connectivity index (χ0v) is 10.1. The van der Waals surface area contributed by atoms with Crippen molar-refractivity contribution in [2.45, 2.75) is 13.3 Å². The summed E-state index contributed by atoms with van der Waals surface area (Å²) in [6.45, 7) is 1.89. The highest BCUT2D eigenvalue weighted by molar-refractivity contribution is 5.96. The maximum atomic E-state index is 11.8. The van der Waals surface area contributed by atoms with Crippen LogP contribution in [0.5, 0.6) is 0 Å². The number of Topliss-reactive ketones (excluding diaryl/α,β-unsaturated/α-hetero) is 1. The molecule has 1 aromatic carbocycles. The monoisotopic (exact) mass is 232 g/mol. The van der Waals surface area contributed by atoms with Crippen molar-refractivity contribution in [1.29, 1.82) is 0 Å². The molecule has 0 aromatic heterocycles. The van der Waals surface area contributed by atoms with E-state index in [1.165, 1.54) is 13.2 Å². The van der Waals surface area contributed by atoms with E-state index >= 15 is 0 Å². The molecule has 0 heterocycles. The predicted molar refractivity (Wildman–Crippen MR) is 65.7 cm³/mol. The van der Waals surface area contributed by atoms with E-state index in [0.717, 1.165) is 0 Å². The number of methoxy groups -OCH3 is 1. The third-order valence-electron chi connectivity index (χ3n) is 2.37. The Morgan fingerprint density at radius 1 is 1.29 bits per heavy atom. The Balaban J connectivity index is 2.52. The SMILES string of the molecule is COC(=O)/C=C/[C@H](C)CC(=O)c1ccccc1. The van der Waals surface area contributed by atoms with E-state index in [0.29, 0.717) is 12.0 Å². The lowest BCUT2D eigenvalue weighted by atomic mass is 9.99. The zero-order valence-electron chi connectivity index (χ0n) is 10.1. The van der Waals surface area contributed by atoms with Crippen LogP contribution in [-0.4, -0.2) is 18.9 Å². The molecule has 1 atom stereocenters. The Bertz CT molecular complexity index is 407. The molecule has 90 valence electrons. The van der Waals surface area contributed by atoms with E-state index in [2.05, 4.69) is 4.74 Å². The van der Waals surface area contributed by atoms with E-state index in [-0.39, 0.29) is 11.7 Å². The van der Waals surface area contributed by atoms with Crippen molar-refractivity contribution in [3.63, 3.8) is 0 Å². The fourth-order valence-corrected chi connectivity index (χ4v) is 1.41. The highest BCUT2D eigenvalue weighted by atomic mass is 16.5. The van der Waals surface area contributed by atoms with Crippen LogP contribution >= 0.6 is 0 Å². The largest absolute Gasteiger partial charge is 0.466 e. The third-order valence-corrected chi connectivity index (χ3v) is 2.37. The van der Waals surface area contributed by atoms with Gasteiger partial charge in [-0.2, -0.15) is 0 Å². The number of hydrogen-bond donors (Lipinski definition) is 0. The van der Waals surface area contributed by atoms with E-state index in [1.54, 1.807) is 18.2 Å². The predicted octanol–water partition coefficient (Wildman–Crippen LogP) is 2.62. The van der Waals surface area contributed by atoms with Crippen molar-refractivity contribution in [3.05, 3.63) is 48.0 Å². The number of ketones is 1. The van der Waals surface area contributed by atoms with Gasteiger partial charge >= 0.3 is 5.97 Å². The number of carbonyl (C=O) groups is 2. The first-order valence-corrected chi connectivity index (χ1v) is 5.48. The molecule has 0 spiro atoms. The fourth-order valence-electron chi connectivity index (χ4n) is 1.41. The molecular weight excluding hydrogens is 216 g/mol. The van der Waals surface area contributed by atoms with Crippen molar-refractivity contribution in [3.8, 4) is 0 Å². The van der Waals surface area contributed by atoms with Gasteiger partial charge in [0.15, 0.2) is 5.78 Å². The van der Waals surface area contributed by atoms with Crippen LogP contribution in [-0.2, 0) is 9.53 Å². The number of esters is 1. The molecule has 0 amide bonds. The molecule has 0 aliphatic heterocycles. The fraction of sp³-hybridized carbons (Fsp3) is 0.286. The first-order valence-electron chi connectivity index (χ1n) is 5.48. The van der Waals surface area contributed by atoms with Gasteiger partial charge in [-0.3, -0.25) is 4.79 Å². The molecule has 0 bridgehead atoms. The van der Waals surface area contributed by atoms with Crippen LogP contribution in [0, 0.1) is 5.92 Å². The summed E-state index contributed by atoms with van der Waals surface area (Å²) in [5.41, 5.74) is 0.700. The van der Waals surface area contributed by atoms with Gasteiger partial charge in [0.1, 0.15) is 0 Å². The second-order valence-corrected chi connectivity index (χ2v) is 3.85. The van der Waals surface area contributed by atoms with E-state index in [1.807, 2.05) is 25.1 Å². The Labute approximate surface area is 101 Å². The van der Waals surface area contributed by atoms with Gasteiger partial charge in [0.05, 0.1) is 7.11 Å². The Morgan fingerprint density at radius 3 is 2.53 bits per heavy atom. The summed E-state index contributed by atoms with van der Waals surface area (Å²) < 4.78 is 4.48. The quantitative estimate of drug-likeness (QED) is 0.445. The van der Waals surface area contributed by atoms with Crippen LogP contribution in [0.4, 0.5) is 0 Å². The molecule has 0 aliphatic carbocycles. The first-order chi connectivity index (χ1) is 8.13. The van der Waals surface area contributed by atoms with Crippen LogP contribution < -0.4 is 0 Å². The highest BCUT2D eigenvalue weighted by Crippen LogP contribution is 2.10. The summed E-state index contributed by atoms with van der Waals surface area (Å²) in [6, 6.07) is 9.12. The second-order valence-electron chi connectivity index (χ2n) is 3.85. The van der Waals surface area contributed by atoms with Crippen molar-refractivity contribution in [2.75, 3.05) is 7.11 Å². The van der Waals surface area contributed by atoms with Gasteiger partial charge in [-0.1, -0.05) is 43.3 Å². The number of benzene rings is 1. The van der Waals surface area contributed by atoms with Gasteiger partial charge in [-0.05, 0) is 5.92 Å². The topological polar surface area (TPSA) is 43.4 Å². The summed E-state index contributed by atoms with van der Waals surface area (Å²) in [4.78, 5) is 22.7. The number of rotatable bonds is 5. The number of allylic oxidation sites excluding steroid dienone is 1. The minimum atomic E-state index is -0.399. The molecule has 0 N–H and O–H groups in total. The normalized spacial score (nSPS) is 12.4. The molecule has 0 fully saturated rings. The lowest BCUT2D eigenvalue weighted by molar-refractivity contribution is -0.134. The van der Waals surface area contributed by atoms with Gasteiger partial charge in [0, 0.05) is 18.1 Å². The van der Waals surface area contributed by atoms with Gasteiger partial charge < -0.3 is 4.74 Å². The molecule has 0 saturated heterocycles. The van der Waals surface area contributed by atoms with E-state index < -0.39 is 5.97 Å². The molecule has 0 radical (unpaired) electrons. The molecule has 0 saturated carbocycles. The van der Waals surface area contributed by atoms with Crippen molar-refractivity contribution in [1.82, 2.24) is 0 Å². The lowest BCUT2D eigenvalue weighted by Crippen LogP contribution is -2.05. The molecule has 1 aromatic rings. The molecular formula is C14H16O3. The molecule has 17 heavy (non-hydrogen) atoms. The Kier molecular flexibility index (Phi) is 5.14. The van der Waals surface area contributed by atoms with Gasteiger partial charge in [0.25, 0.3) is 0 Å². The van der Waals surface area contributed by atoms with Gasteiger partial charge in [0.2, 0.25) is 0 Å². The van der Waals surface area contributed by atoms with Crippen LogP contribution in [0.3, 0.4) is 0 Å². The molecule has 0 aliphatic rings. The Hall–Kier alpha value is -1.90. The van der Waals surface area contributed by atoms with Crippen molar-refractivity contribution >= 4 is 11.8 Å². The van der Waals surface area contributed by atoms with Crippen LogP contribution in [0.2, 0.25) is 0 Å². The molecule has 0 unspecified atom stereocenters. The minimum absolute atomic E-state index is 0.0156. The number of hydrogen-bond acceptors (Lipinski definition) is 3. The van der Waals surface area contributed by atoms with Crippen LogP contribution in [0.25, 0.3) is 0 Å². The summed E-state index contributed by atoms with van der Waals surface area (Å²) in [5.74, 6) is -0.307. The zero-order chi connectivity index (χ0) is 12.7. The second kappa shape index (κ2) is 6.63.